The Kier molecular flexibility index (Phi) is 6.24. The van der Waals surface area contributed by atoms with Crippen LogP contribution in [0.25, 0.3) is 0 Å². The molecule has 0 aromatic carbocycles. The van der Waals surface area contributed by atoms with Crippen molar-refractivity contribution in [1.82, 2.24) is 15.2 Å². The minimum Gasteiger partial charge on any atom is -0.351 e. The first-order valence-electron chi connectivity index (χ1n) is 6.56. The number of nitrogen functional groups attached to an aromatic ring is 1. The number of amides is 1. The highest BCUT2D eigenvalue weighted by atomic mass is 16.1. The van der Waals surface area contributed by atoms with Crippen LogP contribution < -0.4 is 16.6 Å². The number of pyridine rings is 1. The number of hydrogen-bond donors (Lipinski definition) is 3. The number of carbonyl (C=O) groups excluding carboxylic acids is 1. The molecular formula is C13H23N5O. The van der Waals surface area contributed by atoms with Gasteiger partial charge in [-0.05, 0) is 32.1 Å². The van der Waals surface area contributed by atoms with E-state index in [0.717, 1.165) is 25.3 Å². The number of nitrogens with zero attached hydrogens (tertiary/aromatic N) is 2. The molecule has 0 aliphatic carbocycles. The quantitative estimate of drug-likeness (QED) is 0.500. The molecule has 1 amide bonds. The second-order valence-electron chi connectivity index (χ2n) is 4.31. The molecule has 0 atom stereocenters. The Bertz CT molecular complexity index is 417. The molecule has 0 bridgehead atoms. The van der Waals surface area contributed by atoms with Gasteiger partial charge in [-0.25, -0.2) is 10.8 Å². The number of likely N-dealkylation sites (N-methyl/N-ethyl adjacent to an activating group) is 1. The van der Waals surface area contributed by atoms with Crippen LogP contribution in [-0.2, 0) is 0 Å². The van der Waals surface area contributed by atoms with E-state index >= 15 is 0 Å². The summed E-state index contributed by atoms with van der Waals surface area (Å²) in [7, 11) is 0. The number of anilines is 1. The van der Waals surface area contributed by atoms with Crippen LogP contribution in [0.15, 0.2) is 12.1 Å². The fraction of sp³-hybridized carbons (Fsp3) is 0.538. The largest absolute Gasteiger partial charge is 0.351 e. The SMILES string of the molecule is CCN(CC)CCNC(=O)c1cc(C)nc(NN)c1. The Morgan fingerprint density at radius 1 is 1.37 bits per heavy atom. The van der Waals surface area contributed by atoms with Gasteiger partial charge in [0, 0.05) is 24.3 Å². The summed E-state index contributed by atoms with van der Waals surface area (Å²) < 4.78 is 0. The van der Waals surface area contributed by atoms with Gasteiger partial charge in [0.1, 0.15) is 5.82 Å². The molecule has 0 fully saturated rings. The van der Waals surface area contributed by atoms with Gasteiger partial charge >= 0.3 is 0 Å². The first-order chi connectivity index (χ1) is 9.10. The van der Waals surface area contributed by atoms with Gasteiger partial charge in [-0.2, -0.15) is 0 Å². The van der Waals surface area contributed by atoms with Gasteiger partial charge in [-0.15, -0.1) is 0 Å². The lowest BCUT2D eigenvalue weighted by molar-refractivity contribution is 0.0948. The molecule has 106 valence electrons. The lowest BCUT2D eigenvalue weighted by Gasteiger charge is -2.18. The monoisotopic (exact) mass is 265 g/mol. The van der Waals surface area contributed by atoms with Crippen molar-refractivity contribution < 1.29 is 4.79 Å². The van der Waals surface area contributed by atoms with Crippen molar-refractivity contribution in [3.8, 4) is 0 Å². The highest BCUT2D eigenvalue weighted by Gasteiger charge is 2.08. The lowest BCUT2D eigenvalue weighted by atomic mass is 10.2. The van der Waals surface area contributed by atoms with Crippen LogP contribution in [0.5, 0.6) is 0 Å². The minimum absolute atomic E-state index is 0.103. The van der Waals surface area contributed by atoms with Crippen LogP contribution in [0.1, 0.15) is 29.9 Å². The van der Waals surface area contributed by atoms with Gasteiger partial charge in [0.15, 0.2) is 0 Å². The Balaban J connectivity index is 2.56. The van der Waals surface area contributed by atoms with Crippen LogP contribution in [0.3, 0.4) is 0 Å². The van der Waals surface area contributed by atoms with Crippen molar-refractivity contribution in [2.24, 2.45) is 5.84 Å². The average Bonchev–Trinajstić information content (AvgIpc) is 2.42. The fourth-order valence-electron chi connectivity index (χ4n) is 1.84. The molecule has 0 saturated heterocycles. The van der Waals surface area contributed by atoms with Crippen molar-refractivity contribution in [3.05, 3.63) is 23.4 Å². The van der Waals surface area contributed by atoms with Gasteiger partial charge in [0.25, 0.3) is 5.91 Å². The highest BCUT2D eigenvalue weighted by molar-refractivity contribution is 5.94. The van der Waals surface area contributed by atoms with E-state index in [1.807, 2.05) is 6.92 Å². The van der Waals surface area contributed by atoms with Gasteiger partial charge < -0.3 is 15.6 Å². The number of nitrogens with two attached hydrogens (primary N) is 1. The Morgan fingerprint density at radius 2 is 2.05 bits per heavy atom. The summed E-state index contributed by atoms with van der Waals surface area (Å²) in [5.41, 5.74) is 3.78. The predicted octanol–water partition coefficient (Wildman–Crippen LogP) is 0.747. The fourth-order valence-corrected chi connectivity index (χ4v) is 1.84. The first kappa shape index (κ1) is 15.4. The molecule has 1 heterocycles. The van der Waals surface area contributed by atoms with Crippen LogP contribution in [0.4, 0.5) is 5.82 Å². The van der Waals surface area contributed by atoms with Crippen LogP contribution >= 0.6 is 0 Å². The predicted molar refractivity (Wildman–Crippen MR) is 76.9 cm³/mol. The molecule has 6 heteroatoms. The molecule has 1 aromatic rings. The molecule has 0 unspecified atom stereocenters. The summed E-state index contributed by atoms with van der Waals surface area (Å²) in [6.45, 7) is 9.50. The summed E-state index contributed by atoms with van der Waals surface area (Å²) in [5, 5.41) is 2.90. The molecule has 6 nitrogen and oxygen atoms in total. The number of rotatable bonds is 7. The highest BCUT2D eigenvalue weighted by Crippen LogP contribution is 2.08. The summed E-state index contributed by atoms with van der Waals surface area (Å²) in [5.74, 6) is 5.70. The third kappa shape index (κ3) is 4.84. The van der Waals surface area contributed by atoms with E-state index in [0.29, 0.717) is 17.9 Å². The van der Waals surface area contributed by atoms with Crippen molar-refractivity contribution in [2.45, 2.75) is 20.8 Å². The van der Waals surface area contributed by atoms with Gasteiger partial charge in [-0.1, -0.05) is 13.8 Å². The molecule has 1 aromatic heterocycles. The standard InChI is InChI=1S/C13H23N5O/c1-4-18(5-2)7-6-15-13(19)11-8-10(3)16-12(9-11)17-14/h8-9H,4-7,14H2,1-3H3,(H,15,19)(H,16,17). The van der Waals surface area contributed by atoms with E-state index in [4.69, 9.17) is 5.84 Å². The molecule has 0 aliphatic rings. The molecule has 0 spiro atoms. The number of hydrogen-bond acceptors (Lipinski definition) is 5. The van der Waals surface area contributed by atoms with E-state index in [-0.39, 0.29) is 5.91 Å². The molecule has 1 rings (SSSR count). The van der Waals surface area contributed by atoms with E-state index in [1.165, 1.54) is 0 Å². The van der Waals surface area contributed by atoms with E-state index in [1.54, 1.807) is 12.1 Å². The van der Waals surface area contributed by atoms with Gasteiger partial charge in [0.2, 0.25) is 0 Å². The molecule has 0 saturated carbocycles. The third-order valence-electron chi connectivity index (χ3n) is 2.97. The summed E-state index contributed by atoms with van der Waals surface area (Å²) in [4.78, 5) is 18.4. The zero-order valence-corrected chi connectivity index (χ0v) is 11.9. The normalized spacial score (nSPS) is 10.6. The number of carbonyl (C=O) groups is 1. The Labute approximate surface area is 114 Å². The first-order valence-corrected chi connectivity index (χ1v) is 6.56. The van der Waals surface area contributed by atoms with Crippen molar-refractivity contribution in [2.75, 3.05) is 31.6 Å². The van der Waals surface area contributed by atoms with E-state index in [9.17, 15) is 4.79 Å². The zero-order chi connectivity index (χ0) is 14.3. The second-order valence-corrected chi connectivity index (χ2v) is 4.31. The number of aromatic nitrogens is 1. The molecule has 19 heavy (non-hydrogen) atoms. The van der Waals surface area contributed by atoms with Crippen LogP contribution in [0.2, 0.25) is 0 Å². The summed E-state index contributed by atoms with van der Waals surface area (Å²) in [6.07, 6.45) is 0. The maximum Gasteiger partial charge on any atom is 0.251 e. The van der Waals surface area contributed by atoms with E-state index < -0.39 is 0 Å². The molecular weight excluding hydrogens is 242 g/mol. The maximum absolute atomic E-state index is 12.0. The third-order valence-corrected chi connectivity index (χ3v) is 2.97. The van der Waals surface area contributed by atoms with E-state index in [2.05, 4.69) is 34.5 Å². The molecule has 0 radical (unpaired) electrons. The van der Waals surface area contributed by atoms with Crippen molar-refractivity contribution in [3.63, 3.8) is 0 Å². The van der Waals surface area contributed by atoms with Gasteiger partial charge in [-0.3, -0.25) is 4.79 Å². The van der Waals surface area contributed by atoms with Crippen molar-refractivity contribution in [1.29, 1.82) is 0 Å². The lowest BCUT2D eigenvalue weighted by Crippen LogP contribution is -2.34. The summed E-state index contributed by atoms with van der Waals surface area (Å²) >= 11 is 0. The minimum atomic E-state index is -0.103. The summed E-state index contributed by atoms with van der Waals surface area (Å²) in [6, 6.07) is 3.38. The molecule has 4 N–H and O–H groups in total. The maximum atomic E-state index is 12.0. The zero-order valence-electron chi connectivity index (χ0n) is 11.9. The number of aryl methyl sites for hydroxylation is 1. The van der Waals surface area contributed by atoms with Crippen LogP contribution in [-0.4, -0.2) is 42.0 Å². The van der Waals surface area contributed by atoms with Crippen LogP contribution in [0, 0.1) is 6.92 Å². The van der Waals surface area contributed by atoms with Gasteiger partial charge in [0.05, 0.1) is 0 Å². The van der Waals surface area contributed by atoms with Crippen molar-refractivity contribution >= 4 is 11.7 Å². The Hall–Kier alpha value is -1.66. The second kappa shape index (κ2) is 7.70. The molecule has 0 aliphatic heterocycles. The Morgan fingerprint density at radius 3 is 2.63 bits per heavy atom. The topological polar surface area (TPSA) is 83.3 Å². The number of hydrazine groups is 1. The number of nitrogens with one attached hydrogen (secondary N) is 2. The smallest absolute Gasteiger partial charge is 0.251 e. The average molecular weight is 265 g/mol.